The Kier molecular flexibility index (Phi) is 5.87. The lowest BCUT2D eigenvalue weighted by molar-refractivity contribution is -0.135. The van der Waals surface area contributed by atoms with Gasteiger partial charge in [-0.15, -0.1) is 0 Å². The number of carboxylic acids is 1. The second-order valence-corrected chi connectivity index (χ2v) is 5.40. The van der Waals surface area contributed by atoms with Crippen molar-refractivity contribution >= 4 is 11.7 Å². The molecule has 0 atom stereocenters. The molecule has 5 heteroatoms. The molecule has 116 valence electrons. The molecule has 0 radical (unpaired) electrons. The summed E-state index contributed by atoms with van der Waals surface area (Å²) in [7, 11) is 1.69. The maximum Gasteiger partial charge on any atom is 0.317 e. The minimum Gasteiger partial charge on any atom is -0.495 e. The quantitative estimate of drug-likeness (QED) is 0.842. The van der Waals surface area contributed by atoms with Crippen LogP contribution in [0.2, 0.25) is 0 Å². The van der Waals surface area contributed by atoms with E-state index in [1.54, 1.807) is 7.11 Å². The summed E-state index contributed by atoms with van der Waals surface area (Å²) in [4.78, 5) is 12.9. The van der Waals surface area contributed by atoms with Gasteiger partial charge in [-0.25, -0.2) is 0 Å². The van der Waals surface area contributed by atoms with E-state index in [0.29, 0.717) is 6.54 Å². The summed E-state index contributed by atoms with van der Waals surface area (Å²) in [6.07, 6.45) is 5.06. The van der Waals surface area contributed by atoms with Crippen LogP contribution in [0.5, 0.6) is 5.75 Å². The first-order valence-corrected chi connectivity index (χ1v) is 7.55. The van der Waals surface area contributed by atoms with E-state index in [9.17, 15) is 4.79 Å². The Morgan fingerprint density at radius 2 is 2.00 bits per heavy atom. The highest BCUT2D eigenvalue weighted by molar-refractivity contribution is 5.69. The zero-order chi connectivity index (χ0) is 15.1. The van der Waals surface area contributed by atoms with E-state index in [0.717, 1.165) is 30.1 Å². The fourth-order valence-electron chi connectivity index (χ4n) is 2.72. The summed E-state index contributed by atoms with van der Waals surface area (Å²) >= 11 is 0. The molecule has 0 aromatic heterocycles. The monoisotopic (exact) mass is 292 g/mol. The molecule has 0 amide bonds. The largest absolute Gasteiger partial charge is 0.495 e. The van der Waals surface area contributed by atoms with Crippen molar-refractivity contribution in [2.75, 3.05) is 31.6 Å². The summed E-state index contributed by atoms with van der Waals surface area (Å²) in [5.74, 6) is 0.0228. The van der Waals surface area contributed by atoms with Crippen LogP contribution >= 0.6 is 0 Å². The van der Waals surface area contributed by atoms with Gasteiger partial charge < -0.3 is 20.1 Å². The van der Waals surface area contributed by atoms with Crippen molar-refractivity contribution in [1.82, 2.24) is 5.32 Å². The maximum absolute atomic E-state index is 10.5. The first-order valence-electron chi connectivity index (χ1n) is 7.55. The number of anilines is 1. The van der Waals surface area contributed by atoms with Crippen molar-refractivity contribution in [3.8, 4) is 5.75 Å². The highest BCUT2D eigenvalue weighted by Crippen LogP contribution is 2.31. The van der Waals surface area contributed by atoms with Crippen molar-refractivity contribution < 1.29 is 14.6 Å². The van der Waals surface area contributed by atoms with Crippen molar-refractivity contribution in [2.24, 2.45) is 0 Å². The molecule has 0 bridgehead atoms. The number of benzene rings is 1. The number of carboxylic acid groups (broad SMARTS) is 1. The molecule has 0 aliphatic carbocycles. The normalized spacial score (nSPS) is 15.6. The van der Waals surface area contributed by atoms with Gasteiger partial charge in [0, 0.05) is 19.6 Å². The van der Waals surface area contributed by atoms with E-state index in [2.05, 4.69) is 16.3 Å². The predicted molar refractivity (Wildman–Crippen MR) is 83.0 cm³/mol. The highest BCUT2D eigenvalue weighted by atomic mass is 16.5. The average molecular weight is 292 g/mol. The van der Waals surface area contributed by atoms with Crippen LogP contribution in [0.4, 0.5) is 5.69 Å². The molecule has 0 unspecified atom stereocenters. The number of ether oxygens (including phenoxy) is 1. The van der Waals surface area contributed by atoms with Gasteiger partial charge >= 0.3 is 5.97 Å². The topological polar surface area (TPSA) is 61.8 Å². The molecule has 1 aliphatic rings. The summed E-state index contributed by atoms with van der Waals surface area (Å²) in [5.41, 5.74) is 2.17. The van der Waals surface area contributed by atoms with Gasteiger partial charge in [-0.05, 0) is 30.5 Å². The molecule has 21 heavy (non-hydrogen) atoms. The van der Waals surface area contributed by atoms with Gasteiger partial charge in [0.1, 0.15) is 5.75 Å². The van der Waals surface area contributed by atoms with E-state index in [-0.39, 0.29) is 6.54 Å². The van der Waals surface area contributed by atoms with Crippen LogP contribution < -0.4 is 15.0 Å². The van der Waals surface area contributed by atoms with E-state index < -0.39 is 5.97 Å². The van der Waals surface area contributed by atoms with Crippen molar-refractivity contribution in [2.45, 2.75) is 32.2 Å². The summed E-state index contributed by atoms with van der Waals surface area (Å²) in [6, 6.07) is 6.12. The molecular weight excluding hydrogens is 268 g/mol. The minimum atomic E-state index is -0.844. The molecule has 1 heterocycles. The Balaban J connectivity index is 2.06. The number of rotatable bonds is 6. The van der Waals surface area contributed by atoms with Crippen LogP contribution in [0, 0.1) is 0 Å². The van der Waals surface area contributed by atoms with E-state index in [1.165, 1.54) is 25.7 Å². The lowest BCUT2D eigenvalue weighted by Crippen LogP contribution is -2.25. The zero-order valence-corrected chi connectivity index (χ0v) is 12.6. The van der Waals surface area contributed by atoms with Crippen LogP contribution in [0.15, 0.2) is 18.2 Å². The zero-order valence-electron chi connectivity index (χ0n) is 12.6. The third kappa shape index (κ3) is 4.63. The van der Waals surface area contributed by atoms with Gasteiger partial charge in [-0.3, -0.25) is 4.79 Å². The molecule has 1 aromatic carbocycles. The molecule has 1 saturated heterocycles. The highest BCUT2D eigenvalue weighted by Gasteiger charge is 2.14. The summed E-state index contributed by atoms with van der Waals surface area (Å²) in [6.45, 7) is 2.65. The molecule has 1 fully saturated rings. The molecule has 1 aliphatic heterocycles. The molecule has 1 aromatic rings. The second kappa shape index (κ2) is 7.88. The van der Waals surface area contributed by atoms with Gasteiger partial charge in [0.25, 0.3) is 0 Å². The van der Waals surface area contributed by atoms with Crippen LogP contribution in [0.1, 0.15) is 31.2 Å². The van der Waals surface area contributed by atoms with Gasteiger partial charge in [0.05, 0.1) is 19.3 Å². The fourth-order valence-corrected chi connectivity index (χ4v) is 2.72. The lowest BCUT2D eigenvalue weighted by Gasteiger charge is -2.25. The lowest BCUT2D eigenvalue weighted by atomic mass is 10.1. The predicted octanol–water partition coefficient (Wildman–Crippen LogP) is 2.25. The number of nitrogens with zero attached hydrogens (tertiary/aromatic N) is 1. The van der Waals surface area contributed by atoms with Crippen molar-refractivity contribution in [1.29, 1.82) is 0 Å². The third-order valence-corrected chi connectivity index (χ3v) is 3.80. The summed E-state index contributed by atoms with van der Waals surface area (Å²) < 4.78 is 5.52. The number of carbonyl (C=O) groups is 1. The second-order valence-electron chi connectivity index (χ2n) is 5.40. The molecular formula is C16H24N2O3. The number of nitrogens with one attached hydrogen (secondary N) is 1. The number of hydrogen-bond acceptors (Lipinski definition) is 4. The van der Waals surface area contributed by atoms with E-state index in [1.807, 2.05) is 12.1 Å². The average Bonchev–Trinajstić information content (AvgIpc) is 2.75. The van der Waals surface area contributed by atoms with Gasteiger partial charge in [-0.1, -0.05) is 18.9 Å². The Hall–Kier alpha value is -1.75. The number of aliphatic carboxylic acids is 1. The van der Waals surface area contributed by atoms with Gasteiger partial charge in [-0.2, -0.15) is 0 Å². The molecule has 2 N–H and O–H groups in total. The smallest absolute Gasteiger partial charge is 0.317 e. The first kappa shape index (κ1) is 15.6. The number of methoxy groups -OCH3 is 1. The molecule has 5 nitrogen and oxygen atoms in total. The Morgan fingerprint density at radius 1 is 1.29 bits per heavy atom. The van der Waals surface area contributed by atoms with Crippen LogP contribution in [0.25, 0.3) is 0 Å². The summed E-state index contributed by atoms with van der Waals surface area (Å²) in [5, 5.41) is 11.5. The minimum absolute atomic E-state index is 0.0316. The molecule has 0 saturated carbocycles. The first-order chi connectivity index (χ1) is 10.2. The Bertz CT molecular complexity index is 469. The third-order valence-electron chi connectivity index (χ3n) is 3.80. The standard InChI is InChI=1S/C16H24N2O3/c1-21-15-10-13(11-17-12-16(19)20)6-7-14(15)18-8-4-2-3-5-9-18/h6-7,10,17H,2-5,8-9,11-12H2,1H3,(H,19,20). The van der Waals surface area contributed by atoms with E-state index in [4.69, 9.17) is 9.84 Å². The number of hydrogen-bond donors (Lipinski definition) is 2. The van der Waals surface area contributed by atoms with Crippen LogP contribution in [-0.4, -0.2) is 37.8 Å². The SMILES string of the molecule is COc1cc(CNCC(=O)O)ccc1N1CCCCCC1. The van der Waals surface area contributed by atoms with Crippen molar-refractivity contribution in [3.05, 3.63) is 23.8 Å². The van der Waals surface area contributed by atoms with Crippen molar-refractivity contribution in [3.63, 3.8) is 0 Å². The maximum atomic E-state index is 10.5. The van der Waals surface area contributed by atoms with Crippen LogP contribution in [-0.2, 0) is 11.3 Å². The molecule has 2 rings (SSSR count). The van der Waals surface area contributed by atoms with Gasteiger partial charge in [0.2, 0.25) is 0 Å². The Labute approximate surface area is 125 Å². The van der Waals surface area contributed by atoms with Gasteiger partial charge in [0.15, 0.2) is 0 Å². The van der Waals surface area contributed by atoms with E-state index >= 15 is 0 Å². The fraction of sp³-hybridized carbons (Fsp3) is 0.562. The van der Waals surface area contributed by atoms with Crippen LogP contribution in [0.3, 0.4) is 0 Å². The Morgan fingerprint density at radius 3 is 2.62 bits per heavy atom. The molecule has 0 spiro atoms.